The SMILES string of the molecule is CC(=O)c1ccc(S(=O)(=O)N2CC[C@H](C)c3ccccc32)cc1. The van der Waals surface area contributed by atoms with Gasteiger partial charge in [-0.1, -0.05) is 37.3 Å². The zero-order chi connectivity index (χ0) is 16.6. The van der Waals surface area contributed by atoms with Gasteiger partial charge in [-0.15, -0.1) is 0 Å². The second kappa shape index (κ2) is 5.81. The number of hydrogen-bond acceptors (Lipinski definition) is 3. The summed E-state index contributed by atoms with van der Waals surface area (Å²) in [5.41, 5.74) is 2.32. The minimum absolute atomic E-state index is 0.0777. The topological polar surface area (TPSA) is 54.5 Å². The van der Waals surface area contributed by atoms with Gasteiger partial charge in [0.25, 0.3) is 10.0 Å². The Labute approximate surface area is 136 Å². The first-order chi connectivity index (χ1) is 10.9. The molecule has 1 atom stereocenters. The average Bonchev–Trinajstić information content (AvgIpc) is 2.55. The van der Waals surface area contributed by atoms with Crippen molar-refractivity contribution in [2.24, 2.45) is 0 Å². The highest BCUT2D eigenvalue weighted by atomic mass is 32.2. The Morgan fingerprint density at radius 2 is 1.74 bits per heavy atom. The van der Waals surface area contributed by atoms with Crippen molar-refractivity contribution in [1.29, 1.82) is 0 Å². The number of hydrogen-bond donors (Lipinski definition) is 0. The van der Waals surface area contributed by atoms with E-state index in [9.17, 15) is 13.2 Å². The van der Waals surface area contributed by atoms with Crippen molar-refractivity contribution in [2.75, 3.05) is 10.8 Å². The zero-order valence-corrected chi connectivity index (χ0v) is 14.0. The first-order valence-electron chi connectivity index (χ1n) is 7.64. The number of nitrogens with zero attached hydrogens (tertiary/aromatic N) is 1. The molecule has 0 radical (unpaired) electrons. The standard InChI is InChI=1S/C18H19NO3S/c1-13-11-12-19(18-6-4-3-5-17(13)18)23(21,22)16-9-7-15(8-10-16)14(2)20/h3-10,13H,11-12H2,1-2H3/t13-/m0/s1. The predicted octanol–water partition coefficient (Wildman–Crippen LogP) is 3.59. The highest BCUT2D eigenvalue weighted by Gasteiger charge is 2.31. The van der Waals surface area contributed by atoms with Crippen LogP contribution >= 0.6 is 0 Å². The second-order valence-electron chi connectivity index (χ2n) is 5.91. The van der Waals surface area contributed by atoms with Crippen LogP contribution in [0.1, 0.15) is 42.1 Å². The smallest absolute Gasteiger partial charge is 0.264 e. The van der Waals surface area contributed by atoms with E-state index in [1.807, 2.05) is 24.3 Å². The molecule has 1 aliphatic rings. The number of carbonyl (C=O) groups is 1. The molecule has 0 bridgehead atoms. The molecule has 0 saturated carbocycles. The van der Waals surface area contributed by atoms with Crippen LogP contribution in [0.25, 0.3) is 0 Å². The van der Waals surface area contributed by atoms with Crippen LogP contribution in [0.15, 0.2) is 53.4 Å². The number of sulfonamides is 1. The van der Waals surface area contributed by atoms with Crippen LogP contribution < -0.4 is 4.31 Å². The zero-order valence-electron chi connectivity index (χ0n) is 13.2. The van der Waals surface area contributed by atoms with E-state index in [-0.39, 0.29) is 10.7 Å². The number of Topliss-reactive ketones (excluding diaryl/α,β-unsaturated/α-hetero) is 1. The van der Waals surface area contributed by atoms with Crippen LogP contribution in [0.2, 0.25) is 0 Å². The third-order valence-corrected chi connectivity index (χ3v) is 6.18. The maximum atomic E-state index is 13.0. The average molecular weight is 329 g/mol. The quantitative estimate of drug-likeness (QED) is 0.809. The van der Waals surface area contributed by atoms with Gasteiger partial charge in [-0.25, -0.2) is 8.42 Å². The lowest BCUT2D eigenvalue weighted by Crippen LogP contribution is -2.36. The van der Waals surface area contributed by atoms with Crippen LogP contribution in [-0.2, 0) is 10.0 Å². The van der Waals surface area contributed by atoms with E-state index in [0.29, 0.717) is 18.0 Å². The number of benzene rings is 2. The number of anilines is 1. The summed E-state index contributed by atoms with van der Waals surface area (Å²) in [4.78, 5) is 11.6. The lowest BCUT2D eigenvalue weighted by Gasteiger charge is -2.33. The van der Waals surface area contributed by atoms with Crippen molar-refractivity contribution in [3.8, 4) is 0 Å². The van der Waals surface area contributed by atoms with Crippen molar-refractivity contribution < 1.29 is 13.2 Å². The van der Waals surface area contributed by atoms with Crippen LogP contribution in [0.4, 0.5) is 5.69 Å². The molecule has 1 heterocycles. The minimum Gasteiger partial charge on any atom is -0.295 e. The normalized spacial score (nSPS) is 17.7. The predicted molar refractivity (Wildman–Crippen MR) is 90.5 cm³/mol. The van der Waals surface area contributed by atoms with Crippen molar-refractivity contribution in [3.63, 3.8) is 0 Å². The molecule has 3 rings (SSSR count). The van der Waals surface area contributed by atoms with E-state index in [2.05, 4.69) is 6.92 Å². The Hall–Kier alpha value is -2.14. The Bertz CT molecular complexity index is 841. The summed E-state index contributed by atoms with van der Waals surface area (Å²) in [7, 11) is -3.62. The van der Waals surface area contributed by atoms with Crippen LogP contribution in [0.3, 0.4) is 0 Å². The molecule has 5 heteroatoms. The summed E-state index contributed by atoms with van der Waals surface area (Å²) < 4.78 is 27.4. The van der Waals surface area contributed by atoms with Gasteiger partial charge in [-0.05, 0) is 43.0 Å². The molecular formula is C18H19NO3S. The highest BCUT2D eigenvalue weighted by molar-refractivity contribution is 7.92. The number of carbonyl (C=O) groups excluding carboxylic acids is 1. The van der Waals surface area contributed by atoms with E-state index in [1.165, 1.54) is 23.4 Å². The molecular weight excluding hydrogens is 310 g/mol. The van der Waals surface area contributed by atoms with E-state index >= 15 is 0 Å². The molecule has 0 unspecified atom stereocenters. The van der Waals surface area contributed by atoms with Gasteiger partial charge in [-0.2, -0.15) is 0 Å². The number of fused-ring (bicyclic) bond motifs is 1. The van der Waals surface area contributed by atoms with Crippen LogP contribution in [-0.4, -0.2) is 20.7 Å². The molecule has 0 aromatic heterocycles. The summed E-state index contributed by atoms with van der Waals surface area (Å²) in [6.45, 7) is 4.05. The molecule has 0 fully saturated rings. The molecule has 2 aromatic rings. The molecule has 1 aliphatic heterocycles. The Morgan fingerprint density at radius 3 is 2.39 bits per heavy atom. The number of para-hydroxylation sites is 1. The Balaban J connectivity index is 2.03. The molecule has 0 saturated heterocycles. The fourth-order valence-corrected chi connectivity index (χ4v) is 4.46. The lowest BCUT2D eigenvalue weighted by molar-refractivity contribution is 0.101. The third-order valence-electron chi connectivity index (χ3n) is 4.35. The lowest BCUT2D eigenvalue weighted by atomic mass is 9.93. The molecule has 0 spiro atoms. The fraction of sp³-hybridized carbons (Fsp3) is 0.278. The van der Waals surface area contributed by atoms with E-state index in [1.54, 1.807) is 12.1 Å². The fourth-order valence-electron chi connectivity index (χ4n) is 2.96. The van der Waals surface area contributed by atoms with E-state index in [4.69, 9.17) is 0 Å². The monoisotopic (exact) mass is 329 g/mol. The van der Waals surface area contributed by atoms with Crippen molar-refractivity contribution in [2.45, 2.75) is 31.1 Å². The van der Waals surface area contributed by atoms with Crippen LogP contribution in [0.5, 0.6) is 0 Å². The largest absolute Gasteiger partial charge is 0.295 e. The molecule has 0 amide bonds. The second-order valence-corrected chi connectivity index (χ2v) is 7.77. The van der Waals surface area contributed by atoms with E-state index in [0.717, 1.165) is 17.7 Å². The van der Waals surface area contributed by atoms with Crippen molar-refractivity contribution in [3.05, 3.63) is 59.7 Å². The Morgan fingerprint density at radius 1 is 1.09 bits per heavy atom. The molecule has 2 aromatic carbocycles. The Kier molecular flexibility index (Phi) is 3.98. The molecule has 120 valence electrons. The van der Waals surface area contributed by atoms with Gasteiger partial charge in [0.1, 0.15) is 0 Å². The molecule has 23 heavy (non-hydrogen) atoms. The summed E-state index contributed by atoms with van der Waals surface area (Å²) >= 11 is 0. The van der Waals surface area contributed by atoms with Gasteiger partial charge in [0.15, 0.2) is 5.78 Å². The van der Waals surface area contributed by atoms with Gasteiger partial charge in [0, 0.05) is 12.1 Å². The molecule has 0 N–H and O–H groups in total. The maximum Gasteiger partial charge on any atom is 0.264 e. The third kappa shape index (κ3) is 2.77. The highest BCUT2D eigenvalue weighted by Crippen LogP contribution is 2.37. The molecule has 4 nitrogen and oxygen atoms in total. The first-order valence-corrected chi connectivity index (χ1v) is 9.08. The van der Waals surface area contributed by atoms with E-state index < -0.39 is 10.0 Å². The van der Waals surface area contributed by atoms with Crippen molar-refractivity contribution >= 4 is 21.5 Å². The number of ketones is 1. The summed E-state index contributed by atoms with van der Waals surface area (Å²) in [6, 6.07) is 13.8. The van der Waals surface area contributed by atoms with Gasteiger partial charge in [0.05, 0.1) is 10.6 Å². The summed E-state index contributed by atoms with van der Waals surface area (Å²) in [5, 5.41) is 0. The summed E-state index contributed by atoms with van der Waals surface area (Å²) in [5.74, 6) is 0.267. The minimum atomic E-state index is -3.62. The molecule has 0 aliphatic carbocycles. The van der Waals surface area contributed by atoms with Gasteiger partial charge < -0.3 is 0 Å². The van der Waals surface area contributed by atoms with Gasteiger partial charge in [-0.3, -0.25) is 9.10 Å². The van der Waals surface area contributed by atoms with Crippen molar-refractivity contribution in [1.82, 2.24) is 0 Å². The maximum absolute atomic E-state index is 13.0. The first kappa shape index (κ1) is 15.7. The number of rotatable bonds is 3. The van der Waals surface area contributed by atoms with Gasteiger partial charge >= 0.3 is 0 Å². The summed E-state index contributed by atoms with van der Waals surface area (Å²) in [6.07, 6.45) is 0.793. The van der Waals surface area contributed by atoms with Crippen LogP contribution in [0, 0.1) is 0 Å². The van der Waals surface area contributed by atoms with Gasteiger partial charge in [0.2, 0.25) is 0 Å².